The number of ketones is 2. The minimum absolute atomic E-state index is 0.0132. The Kier molecular flexibility index (Phi) is 4.50. The highest BCUT2D eigenvalue weighted by Crippen LogP contribution is 2.22. The Bertz CT molecular complexity index is 518. The van der Waals surface area contributed by atoms with Gasteiger partial charge in [0.05, 0.1) is 20.0 Å². The Labute approximate surface area is 116 Å². The molecule has 1 aromatic rings. The molecular formula is C15H16O5. The predicted molar refractivity (Wildman–Crippen MR) is 70.1 cm³/mol. The fourth-order valence-corrected chi connectivity index (χ4v) is 2.13. The first-order chi connectivity index (χ1) is 9.58. The molecule has 1 saturated carbocycles. The van der Waals surface area contributed by atoms with E-state index < -0.39 is 11.9 Å². The van der Waals surface area contributed by atoms with Crippen LogP contribution in [-0.2, 0) is 25.7 Å². The molecule has 1 unspecified atom stereocenters. The van der Waals surface area contributed by atoms with Crippen molar-refractivity contribution in [1.29, 1.82) is 0 Å². The fraction of sp³-hybridized carbons (Fsp3) is 0.400. The lowest BCUT2D eigenvalue weighted by Gasteiger charge is -2.08. The number of rotatable bonds is 5. The van der Waals surface area contributed by atoms with Crippen LogP contribution >= 0.6 is 0 Å². The molecule has 0 N–H and O–H groups in total. The number of hydrogen-bond donors (Lipinski definition) is 0. The first-order valence-corrected chi connectivity index (χ1v) is 6.41. The Morgan fingerprint density at radius 3 is 2.50 bits per heavy atom. The number of esters is 1. The summed E-state index contributed by atoms with van der Waals surface area (Å²) in [6.07, 6.45) is 0.105. The third-order valence-electron chi connectivity index (χ3n) is 3.27. The molecule has 0 radical (unpaired) electrons. The van der Waals surface area contributed by atoms with Crippen molar-refractivity contribution in [3.8, 4) is 5.75 Å². The standard InChI is InChI=1S/C15H16O5/c1-19-13-4-2-10(3-5-13)9-20-15(18)7-11-6-12(16)8-14(11)17/h2-5,11H,6-9H2,1H3. The van der Waals surface area contributed by atoms with Gasteiger partial charge in [0.25, 0.3) is 0 Å². The van der Waals surface area contributed by atoms with Gasteiger partial charge in [-0.25, -0.2) is 0 Å². The summed E-state index contributed by atoms with van der Waals surface area (Å²) in [5.41, 5.74) is 0.841. The fourth-order valence-electron chi connectivity index (χ4n) is 2.13. The Morgan fingerprint density at radius 2 is 1.95 bits per heavy atom. The minimum atomic E-state index is -0.495. The second kappa shape index (κ2) is 6.32. The van der Waals surface area contributed by atoms with E-state index in [1.807, 2.05) is 0 Å². The Balaban J connectivity index is 1.80. The SMILES string of the molecule is COc1ccc(COC(=O)CC2CC(=O)CC2=O)cc1. The Morgan fingerprint density at radius 1 is 1.25 bits per heavy atom. The van der Waals surface area contributed by atoms with E-state index in [1.54, 1.807) is 31.4 Å². The average molecular weight is 276 g/mol. The molecule has 0 spiro atoms. The van der Waals surface area contributed by atoms with E-state index in [9.17, 15) is 14.4 Å². The van der Waals surface area contributed by atoms with Gasteiger partial charge in [-0.1, -0.05) is 12.1 Å². The monoisotopic (exact) mass is 276 g/mol. The molecule has 1 aromatic carbocycles. The van der Waals surface area contributed by atoms with Gasteiger partial charge in [0.1, 0.15) is 23.9 Å². The first-order valence-electron chi connectivity index (χ1n) is 6.41. The van der Waals surface area contributed by atoms with Gasteiger partial charge in [-0.3, -0.25) is 14.4 Å². The normalized spacial score (nSPS) is 18.1. The smallest absolute Gasteiger partial charge is 0.306 e. The quantitative estimate of drug-likeness (QED) is 0.604. The third kappa shape index (κ3) is 3.66. The average Bonchev–Trinajstić information content (AvgIpc) is 2.75. The summed E-state index contributed by atoms with van der Waals surface area (Å²) in [5.74, 6) is -0.464. The number of benzene rings is 1. The van der Waals surface area contributed by atoms with Gasteiger partial charge in [-0.2, -0.15) is 0 Å². The third-order valence-corrected chi connectivity index (χ3v) is 3.27. The van der Waals surface area contributed by atoms with Crippen molar-refractivity contribution in [3.63, 3.8) is 0 Å². The van der Waals surface area contributed by atoms with Crippen LogP contribution in [0.25, 0.3) is 0 Å². The summed E-state index contributed by atoms with van der Waals surface area (Å²) < 4.78 is 10.1. The maximum atomic E-state index is 11.6. The molecule has 0 heterocycles. The van der Waals surface area contributed by atoms with Crippen LogP contribution in [0.15, 0.2) is 24.3 Å². The number of carbonyl (C=O) groups excluding carboxylic acids is 3. The van der Waals surface area contributed by atoms with Gasteiger partial charge in [0, 0.05) is 12.3 Å². The molecule has 1 fully saturated rings. The zero-order valence-corrected chi connectivity index (χ0v) is 11.3. The number of methoxy groups -OCH3 is 1. The molecule has 1 atom stereocenters. The van der Waals surface area contributed by atoms with Crippen LogP contribution < -0.4 is 4.74 Å². The van der Waals surface area contributed by atoms with E-state index >= 15 is 0 Å². The van der Waals surface area contributed by atoms with E-state index in [2.05, 4.69) is 0 Å². The molecule has 1 aliphatic carbocycles. The second-order valence-electron chi connectivity index (χ2n) is 4.80. The highest BCUT2D eigenvalue weighted by Gasteiger charge is 2.32. The molecule has 5 heteroatoms. The van der Waals surface area contributed by atoms with Gasteiger partial charge in [-0.15, -0.1) is 0 Å². The van der Waals surface area contributed by atoms with Crippen LogP contribution in [0, 0.1) is 5.92 Å². The topological polar surface area (TPSA) is 69.7 Å². The second-order valence-corrected chi connectivity index (χ2v) is 4.80. The first kappa shape index (κ1) is 14.2. The van der Waals surface area contributed by atoms with Crippen molar-refractivity contribution < 1.29 is 23.9 Å². The molecule has 0 aromatic heterocycles. The van der Waals surface area contributed by atoms with E-state index in [0.717, 1.165) is 11.3 Å². The predicted octanol–water partition coefficient (Wildman–Crippen LogP) is 1.68. The molecule has 5 nitrogen and oxygen atoms in total. The molecule has 20 heavy (non-hydrogen) atoms. The lowest BCUT2D eigenvalue weighted by molar-refractivity contribution is -0.147. The summed E-state index contributed by atoms with van der Waals surface area (Å²) in [6, 6.07) is 7.16. The van der Waals surface area contributed by atoms with Gasteiger partial charge in [0.15, 0.2) is 0 Å². The molecule has 2 rings (SSSR count). The van der Waals surface area contributed by atoms with Crippen molar-refractivity contribution in [3.05, 3.63) is 29.8 Å². The van der Waals surface area contributed by atoms with E-state index in [1.165, 1.54) is 0 Å². The van der Waals surface area contributed by atoms with Gasteiger partial charge in [-0.05, 0) is 17.7 Å². The van der Waals surface area contributed by atoms with Crippen molar-refractivity contribution in [2.24, 2.45) is 5.92 Å². The van der Waals surface area contributed by atoms with Gasteiger partial charge in [0.2, 0.25) is 0 Å². The van der Waals surface area contributed by atoms with E-state index in [-0.39, 0.29) is 37.4 Å². The van der Waals surface area contributed by atoms with Crippen LogP contribution in [0.5, 0.6) is 5.75 Å². The maximum absolute atomic E-state index is 11.6. The molecule has 0 aliphatic heterocycles. The van der Waals surface area contributed by atoms with Gasteiger partial charge >= 0.3 is 5.97 Å². The van der Waals surface area contributed by atoms with Crippen LogP contribution in [0.1, 0.15) is 24.8 Å². The number of Topliss-reactive ketones (excluding diaryl/α,β-unsaturated/α-hetero) is 2. The summed E-state index contributed by atoms with van der Waals surface area (Å²) >= 11 is 0. The molecule has 0 amide bonds. The summed E-state index contributed by atoms with van der Waals surface area (Å²) in [5, 5.41) is 0. The van der Waals surface area contributed by atoms with Crippen LogP contribution in [-0.4, -0.2) is 24.6 Å². The van der Waals surface area contributed by atoms with Gasteiger partial charge < -0.3 is 9.47 Å². The van der Waals surface area contributed by atoms with Crippen molar-refractivity contribution in [2.75, 3.05) is 7.11 Å². The number of carbonyl (C=O) groups is 3. The molecule has 1 aliphatic rings. The lowest BCUT2D eigenvalue weighted by Crippen LogP contribution is -2.14. The highest BCUT2D eigenvalue weighted by molar-refractivity contribution is 6.07. The largest absolute Gasteiger partial charge is 0.497 e. The maximum Gasteiger partial charge on any atom is 0.306 e. The van der Waals surface area contributed by atoms with Crippen molar-refractivity contribution in [2.45, 2.75) is 25.9 Å². The molecule has 106 valence electrons. The zero-order chi connectivity index (χ0) is 14.5. The van der Waals surface area contributed by atoms with Crippen molar-refractivity contribution >= 4 is 17.5 Å². The minimum Gasteiger partial charge on any atom is -0.497 e. The summed E-state index contributed by atoms with van der Waals surface area (Å²) in [6.45, 7) is 0.150. The van der Waals surface area contributed by atoms with Crippen LogP contribution in [0.4, 0.5) is 0 Å². The molecule has 0 bridgehead atoms. The van der Waals surface area contributed by atoms with E-state index in [0.29, 0.717) is 0 Å². The lowest BCUT2D eigenvalue weighted by atomic mass is 10.0. The zero-order valence-electron chi connectivity index (χ0n) is 11.3. The van der Waals surface area contributed by atoms with E-state index in [4.69, 9.17) is 9.47 Å². The molecular weight excluding hydrogens is 260 g/mol. The summed E-state index contributed by atoms with van der Waals surface area (Å²) in [4.78, 5) is 34.2. The van der Waals surface area contributed by atoms with Crippen LogP contribution in [0.2, 0.25) is 0 Å². The van der Waals surface area contributed by atoms with Crippen LogP contribution in [0.3, 0.4) is 0 Å². The number of ether oxygens (including phenoxy) is 2. The summed E-state index contributed by atoms with van der Waals surface area (Å²) in [7, 11) is 1.58. The van der Waals surface area contributed by atoms with Crippen molar-refractivity contribution in [1.82, 2.24) is 0 Å². The highest BCUT2D eigenvalue weighted by atomic mass is 16.5. The number of hydrogen-bond acceptors (Lipinski definition) is 5. The molecule has 0 saturated heterocycles. The Hall–Kier alpha value is -2.17.